The average molecular weight is 582 g/mol. The summed E-state index contributed by atoms with van der Waals surface area (Å²) in [4.78, 5) is 45.1. The number of carboxylic acid groups (broad SMARTS) is 1. The van der Waals surface area contributed by atoms with Crippen molar-refractivity contribution in [3.8, 4) is 11.5 Å². The van der Waals surface area contributed by atoms with Crippen molar-refractivity contribution in [3.05, 3.63) is 46.3 Å². The van der Waals surface area contributed by atoms with Crippen LogP contribution in [0.1, 0.15) is 91.5 Å². The van der Waals surface area contributed by atoms with E-state index >= 15 is 0 Å². The van der Waals surface area contributed by atoms with E-state index in [4.69, 9.17) is 20.0 Å². The minimum Gasteiger partial charge on any atom is -0.491 e. The predicted molar refractivity (Wildman–Crippen MR) is 161 cm³/mol. The maximum atomic E-state index is 13.7. The molecule has 0 unspecified atom stereocenters. The molecule has 1 aromatic carbocycles. The first-order valence-corrected chi connectivity index (χ1v) is 14.3. The zero-order valence-corrected chi connectivity index (χ0v) is 25.7. The second-order valence-electron chi connectivity index (χ2n) is 11.3. The smallest absolute Gasteiger partial charge is 0.303 e. The van der Waals surface area contributed by atoms with E-state index in [0.29, 0.717) is 61.9 Å². The number of carboxylic acids is 1. The van der Waals surface area contributed by atoms with Crippen molar-refractivity contribution in [3.63, 3.8) is 0 Å². The lowest BCUT2D eigenvalue weighted by molar-refractivity contribution is -0.137. The molecule has 11 nitrogen and oxygen atoms in total. The summed E-state index contributed by atoms with van der Waals surface area (Å²) in [5, 5.41) is 20.2. The molecule has 0 saturated heterocycles. The number of benzene rings is 1. The van der Waals surface area contributed by atoms with Gasteiger partial charge < -0.3 is 29.7 Å². The predicted octanol–water partition coefficient (Wildman–Crippen LogP) is 4.25. The maximum absolute atomic E-state index is 13.7. The first-order valence-electron chi connectivity index (χ1n) is 14.3. The number of fused-ring (bicyclic) bond motifs is 1. The molecular formula is C31H43N5O6. The van der Waals surface area contributed by atoms with Crippen molar-refractivity contribution in [2.24, 2.45) is 0 Å². The number of rotatable bonds is 14. The lowest BCUT2D eigenvalue weighted by atomic mass is 9.84. The number of amidine groups is 1. The van der Waals surface area contributed by atoms with Crippen molar-refractivity contribution >= 4 is 29.2 Å². The number of aromatic nitrogens is 1. The van der Waals surface area contributed by atoms with Crippen molar-refractivity contribution < 1.29 is 29.0 Å². The van der Waals surface area contributed by atoms with Gasteiger partial charge in [-0.25, -0.2) is 4.98 Å². The van der Waals surface area contributed by atoms with Gasteiger partial charge in [0.2, 0.25) is 0 Å². The Morgan fingerprint density at radius 1 is 1.14 bits per heavy atom. The molecule has 0 spiro atoms. The Hall–Kier alpha value is -4.15. The summed E-state index contributed by atoms with van der Waals surface area (Å²) < 4.78 is 11.9. The molecule has 1 aliphatic rings. The van der Waals surface area contributed by atoms with E-state index in [2.05, 4.69) is 31.1 Å². The molecule has 1 aliphatic heterocycles. The van der Waals surface area contributed by atoms with Gasteiger partial charge in [0, 0.05) is 50.3 Å². The first-order chi connectivity index (χ1) is 19.8. The van der Waals surface area contributed by atoms with Crippen LogP contribution in [-0.2, 0) is 16.8 Å². The third-order valence-electron chi connectivity index (χ3n) is 7.16. The van der Waals surface area contributed by atoms with Crippen LogP contribution >= 0.6 is 0 Å². The number of ketones is 1. The Labute approximate surface area is 247 Å². The molecule has 2 aromatic rings. The summed E-state index contributed by atoms with van der Waals surface area (Å²) >= 11 is 0. The summed E-state index contributed by atoms with van der Waals surface area (Å²) in [6.45, 7) is 11.7. The zero-order valence-electron chi connectivity index (χ0n) is 25.7. The van der Waals surface area contributed by atoms with Crippen molar-refractivity contribution in [2.45, 2.75) is 65.8 Å². The van der Waals surface area contributed by atoms with E-state index in [9.17, 15) is 14.4 Å². The fourth-order valence-corrected chi connectivity index (χ4v) is 4.73. The number of hydrogen-bond donors (Lipinski definition) is 3. The van der Waals surface area contributed by atoms with Gasteiger partial charge in [-0.05, 0) is 50.3 Å². The number of aliphatic carboxylic acids is 1. The Morgan fingerprint density at radius 2 is 1.86 bits per heavy atom. The summed E-state index contributed by atoms with van der Waals surface area (Å²) in [6.07, 6.45) is 1.21. The van der Waals surface area contributed by atoms with E-state index in [-0.39, 0.29) is 35.7 Å². The molecule has 2 heterocycles. The Morgan fingerprint density at radius 3 is 2.45 bits per heavy atom. The summed E-state index contributed by atoms with van der Waals surface area (Å²) in [6, 6.07) is 5.42. The van der Waals surface area contributed by atoms with E-state index in [1.165, 1.54) is 7.05 Å². The van der Waals surface area contributed by atoms with Crippen molar-refractivity contribution in [1.29, 1.82) is 5.41 Å². The number of Topliss-reactive ketones (excluding diaryl/α,β-unsaturated/α-hetero) is 1. The first kappa shape index (κ1) is 32.4. The number of unbranched alkanes of at least 4 members (excludes halogenated alkanes) is 1. The van der Waals surface area contributed by atoms with Crippen molar-refractivity contribution in [2.75, 3.05) is 45.3 Å². The molecule has 1 aromatic heterocycles. The summed E-state index contributed by atoms with van der Waals surface area (Å²) in [5.41, 5.74) is 3.01. The highest BCUT2D eigenvalue weighted by Gasteiger charge is 2.32. The molecule has 0 saturated carbocycles. The normalized spacial score (nSPS) is 12.6. The molecule has 0 radical (unpaired) electrons. The lowest BCUT2D eigenvalue weighted by Gasteiger charge is -2.29. The third kappa shape index (κ3) is 7.37. The lowest BCUT2D eigenvalue weighted by Crippen LogP contribution is -2.31. The van der Waals surface area contributed by atoms with Gasteiger partial charge in [0.25, 0.3) is 5.91 Å². The van der Waals surface area contributed by atoms with E-state index in [0.717, 1.165) is 16.8 Å². The number of carbonyl (C=O) groups excluding carboxylic acids is 2. The van der Waals surface area contributed by atoms with E-state index in [1.807, 2.05) is 37.9 Å². The topological polar surface area (TPSA) is 145 Å². The highest BCUT2D eigenvalue weighted by Crippen LogP contribution is 2.40. The van der Waals surface area contributed by atoms with Crippen LogP contribution in [0.25, 0.3) is 0 Å². The van der Waals surface area contributed by atoms with Crippen LogP contribution in [0.15, 0.2) is 18.2 Å². The molecule has 0 bridgehead atoms. The minimum absolute atomic E-state index is 0.0390. The van der Waals surface area contributed by atoms with Gasteiger partial charge >= 0.3 is 5.97 Å². The van der Waals surface area contributed by atoms with Gasteiger partial charge in [-0.1, -0.05) is 20.8 Å². The molecule has 3 rings (SSSR count). The van der Waals surface area contributed by atoms with Crippen LogP contribution in [-0.4, -0.2) is 78.9 Å². The van der Waals surface area contributed by atoms with Crippen molar-refractivity contribution in [1.82, 2.24) is 15.2 Å². The van der Waals surface area contributed by atoms with Crippen LogP contribution in [0.4, 0.5) is 5.69 Å². The molecule has 228 valence electrons. The SMILES string of the molecule is CCOc1cc2c(nc1C(=O)NC)C(=N)N(CC(=O)c1cc(N(C)CC)c(OCCCCC(=O)O)c(C(C)(C)C)c1)C2. The van der Waals surface area contributed by atoms with Crippen LogP contribution < -0.4 is 19.7 Å². The van der Waals surface area contributed by atoms with E-state index < -0.39 is 11.9 Å². The second-order valence-corrected chi connectivity index (χ2v) is 11.3. The molecule has 0 fully saturated rings. The van der Waals surface area contributed by atoms with Crippen LogP contribution in [0.3, 0.4) is 0 Å². The Balaban J connectivity index is 1.91. The van der Waals surface area contributed by atoms with Crippen LogP contribution in [0.5, 0.6) is 11.5 Å². The standard InChI is InChI=1S/C31H43N5O6/c1-8-35(7)22-15-19(14-21(31(3,4)5)28(22)42-13-11-10-12-25(38)39)23(37)18-36-17-20-16-24(41-9-2)27(30(40)33-6)34-26(20)29(36)32/h14-16,32H,8-13,17-18H2,1-7H3,(H,33,40)(H,38,39). The second kappa shape index (κ2) is 13.7. The van der Waals surface area contributed by atoms with Gasteiger partial charge in [-0.2, -0.15) is 0 Å². The number of hydrogen-bond acceptors (Lipinski definition) is 8. The Kier molecular flexibility index (Phi) is 10.5. The molecule has 3 N–H and O–H groups in total. The molecule has 42 heavy (non-hydrogen) atoms. The number of nitrogens with zero attached hydrogens (tertiary/aromatic N) is 3. The minimum atomic E-state index is -0.828. The fourth-order valence-electron chi connectivity index (χ4n) is 4.73. The van der Waals surface area contributed by atoms with Gasteiger partial charge in [0.1, 0.15) is 17.3 Å². The van der Waals surface area contributed by atoms with Gasteiger partial charge in [0.05, 0.1) is 25.4 Å². The quantitative estimate of drug-likeness (QED) is 0.220. The Bertz CT molecular complexity index is 1350. The van der Waals surface area contributed by atoms with Gasteiger partial charge in [0.15, 0.2) is 17.2 Å². The van der Waals surface area contributed by atoms with Crippen LogP contribution in [0, 0.1) is 5.41 Å². The number of carbonyl (C=O) groups is 3. The number of pyridine rings is 1. The number of nitrogens with one attached hydrogen (secondary N) is 2. The third-order valence-corrected chi connectivity index (χ3v) is 7.16. The van der Waals surface area contributed by atoms with Gasteiger partial charge in [-0.3, -0.25) is 19.8 Å². The number of amides is 1. The highest BCUT2D eigenvalue weighted by atomic mass is 16.5. The largest absolute Gasteiger partial charge is 0.491 e. The molecule has 0 aliphatic carbocycles. The number of anilines is 1. The molecular weight excluding hydrogens is 538 g/mol. The average Bonchev–Trinajstić information content (AvgIpc) is 3.24. The van der Waals surface area contributed by atoms with Gasteiger partial charge in [-0.15, -0.1) is 0 Å². The highest BCUT2D eigenvalue weighted by molar-refractivity contribution is 6.06. The monoisotopic (exact) mass is 581 g/mol. The molecule has 1 amide bonds. The van der Waals surface area contributed by atoms with E-state index in [1.54, 1.807) is 11.0 Å². The van der Waals surface area contributed by atoms with Crippen LogP contribution in [0.2, 0.25) is 0 Å². The molecule has 11 heteroatoms. The zero-order chi connectivity index (χ0) is 31.2. The summed E-state index contributed by atoms with van der Waals surface area (Å²) in [7, 11) is 3.45. The fraction of sp³-hybridized carbons (Fsp3) is 0.516. The summed E-state index contributed by atoms with van der Waals surface area (Å²) in [5.74, 6) is -0.281. The molecule has 0 atom stereocenters. The number of ether oxygens (including phenoxy) is 2. The maximum Gasteiger partial charge on any atom is 0.303 e.